The summed E-state index contributed by atoms with van der Waals surface area (Å²) < 4.78 is 107. The van der Waals surface area contributed by atoms with Gasteiger partial charge in [0.25, 0.3) is 0 Å². The molecule has 1 unspecified atom stereocenters. The van der Waals surface area contributed by atoms with Gasteiger partial charge in [0.1, 0.15) is 43.4 Å². The van der Waals surface area contributed by atoms with Crippen molar-refractivity contribution in [1.29, 1.82) is 0 Å². The first-order chi connectivity index (χ1) is 38.7. The van der Waals surface area contributed by atoms with E-state index in [1.54, 1.807) is 0 Å². The van der Waals surface area contributed by atoms with Crippen LogP contribution in [-0.2, 0) is 80.5 Å². The van der Waals surface area contributed by atoms with Gasteiger partial charge in [-0.05, 0) is 25.7 Å². The van der Waals surface area contributed by atoms with Crippen molar-refractivity contribution in [2.45, 2.75) is 244 Å². The molecule has 0 aliphatic carbocycles. The lowest BCUT2D eigenvalue weighted by atomic mass is 9.90. The van der Waals surface area contributed by atoms with E-state index in [1.807, 2.05) is 6.92 Å². The average molecular weight is 1410 g/mol. The molecule has 30 rings (SSSR count). The van der Waals surface area contributed by atoms with E-state index < -0.39 is 179 Å². The molecule has 464 valence electrons. The molecule has 0 aromatic rings. The molecule has 29 heteroatoms. The minimum absolute atomic E-state index is 0.0114. The predicted molar refractivity (Wildman–Crippen MR) is 286 cm³/mol. The van der Waals surface area contributed by atoms with Crippen LogP contribution in [0.15, 0.2) is 0 Å². The fraction of sp³-hybridized carbons (Fsp3) is 1.00. The summed E-state index contributed by atoms with van der Waals surface area (Å²) in [4.78, 5) is 0. The topological polar surface area (TPSA) is 319 Å². The second-order valence-corrected chi connectivity index (χ2v) is 24.8. The molecule has 30 saturated heterocycles. The molecule has 0 aromatic heterocycles. The summed E-state index contributed by atoms with van der Waals surface area (Å²) in [5.41, 5.74) is 0. The van der Waals surface area contributed by atoms with Crippen LogP contribution in [0.3, 0.4) is 0 Å². The summed E-state index contributed by atoms with van der Waals surface area (Å²) in [6, 6.07) is 0. The average Bonchev–Trinajstić information content (AvgIpc) is 3.44. The van der Waals surface area contributed by atoms with E-state index in [-0.39, 0.29) is 93.5 Å². The number of alkyl halides is 4. The zero-order chi connectivity index (χ0) is 56.6. The van der Waals surface area contributed by atoms with Crippen LogP contribution in [0.2, 0.25) is 0 Å². The normalized spacial score (nSPS) is 48.9. The third kappa shape index (κ3) is 16.6. The van der Waals surface area contributed by atoms with Crippen LogP contribution in [0.1, 0.15) is 77.6 Å². The number of rotatable bonds is 11. The van der Waals surface area contributed by atoms with Crippen LogP contribution in [-0.4, -0.2) is 268 Å². The van der Waals surface area contributed by atoms with Crippen molar-refractivity contribution in [3.63, 3.8) is 0 Å². The lowest BCUT2D eigenvalue weighted by molar-refractivity contribution is -0.358. The third-order valence-corrected chi connectivity index (χ3v) is 18.9. The van der Waals surface area contributed by atoms with E-state index in [2.05, 4.69) is 63.7 Å². The summed E-state index contributed by atoms with van der Waals surface area (Å²) in [5.74, 6) is -0.871. The molecule has 0 spiro atoms. The fourth-order valence-corrected chi connectivity index (χ4v) is 14.4. The Bertz CT molecular complexity index is 1830. The third-order valence-electron chi connectivity index (χ3n) is 16.3. The van der Waals surface area contributed by atoms with Crippen molar-refractivity contribution >= 4 is 63.7 Å². The second-order valence-electron chi connectivity index (χ2n) is 22.2. The van der Waals surface area contributed by atoms with Gasteiger partial charge in [0, 0.05) is 78.3 Å². The zero-order valence-electron chi connectivity index (χ0n) is 44.6. The largest absolute Gasteiger partial charge is 0.396 e. The quantitative estimate of drug-likeness (QED) is 0.106. The van der Waals surface area contributed by atoms with Crippen molar-refractivity contribution in [2.24, 2.45) is 11.8 Å². The van der Waals surface area contributed by atoms with E-state index in [1.165, 1.54) is 0 Å². The Labute approximate surface area is 499 Å². The van der Waals surface area contributed by atoms with Crippen LogP contribution in [0, 0.1) is 11.8 Å². The maximum atomic E-state index is 11.6. The molecule has 8 N–H and O–H groups in total. The first-order valence-electron chi connectivity index (χ1n) is 28.2. The Balaban J connectivity index is 0.895. The Kier molecular flexibility index (Phi) is 25.7. The van der Waals surface area contributed by atoms with Gasteiger partial charge in [0.15, 0.2) is 50.3 Å². The van der Waals surface area contributed by atoms with Crippen molar-refractivity contribution in [3.8, 4) is 0 Å². The van der Waals surface area contributed by atoms with Gasteiger partial charge in [0.2, 0.25) is 0 Å². The molecule has 0 saturated carbocycles. The van der Waals surface area contributed by atoms with E-state index in [0.29, 0.717) is 37.4 Å². The van der Waals surface area contributed by atoms with Crippen molar-refractivity contribution in [1.82, 2.24) is 0 Å². The van der Waals surface area contributed by atoms with E-state index in [4.69, 9.17) is 80.5 Å². The van der Waals surface area contributed by atoms with E-state index in [0.717, 1.165) is 0 Å². The molecule has 30 fully saturated rings. The van der Waals surface area contributed by atoms with Crippen LogP contribution in [0.25, 0.3) is 0 Å². The molecule has 30 heterocycles. The summed E-state index contributed by atoms with van der Waals surface area (Å²) in [7, 11) is 0. The highest BCUT2D eigenvalue weighted by molar-refractivity contribution is 9.09. The number of aliphatic hydroxyl groups is 8. The van der Waals surface area contributed by atoms with Gasteiger partial charge in [-0.2, -0.15) is 0 Å². The van der Waals surface area contributed by atoms with Crippen molar-refractivity contribution in [2.75, 3.05) is 61.1 Å². The summed E-state index contributed by atoms with van der Waals surface area (Å²) in [6.45, 7) is 1.38. The van der Waals surface area contributed by atoms with Crippen molar-refractivity contribution < 1.29 is 121 Å². The van der Waals surface area contributed by atoms with Gasteiger partial charge in [-0.1, -0.05) is 77.1 Å². The highest BCUT2D eigenvalue weighted by Gasteiger charge is 2.51. The van der Waals surface area contributed by atoms with Gasteiger partial charge >= 0.3 is 0 Å². The minimum Gasteiger partial charge on any atom is -0.396 e. The molecule has 25 nitrogen and oxygen atoms in total. The van der Waals surface area contributed by atoms with Crippen LogP contribution in [0.5, 0.6) is 0 Å². The first kappa shape index (κ1) is 65.4. The first-order valence-corrected chi connectivity index (χ1v) is 32.7. The lowest BCUT2D eigenvalue weighted by Gasteiger charge is -2.47. The predicted octanol–water partition coefficient (Wildman–Crippen LogP) is 1.02. The Morgan fingerprint density at radius 3 is 1.26 bits per heavy atom. The van der Waals surface area contributed by atoms with Gasteiger partial charge in [0.05, 0.1) is 106 Å². The molecule has 0 amide bonds. The minimum atomic E-state index is -1.20. The van der Waals surface area contributed by atoms with E-state index >= 15 is 0 Å². The van der Waals surface area contributed by atoms with Gasteiger partial charge in [-0.3, -0.25) is 0 Å². The molecule has 0 radical (unpaired) electrons. The lowest BCUT2D eigenvalue weighted by Crippen LogP contribution is -2.59. The molecular formula is C51H82Br4O25. The molecule has 29 atom stereocenters. The highest BCUT2D eigenvalue weighted by atomic mass is 79.9. The number of hydrogen-bond acceptors (Lipinski definition) is 25. The molecule has 0 aromatic carbocycles. The zero-order valence-corrected chi connectivity index (χ0v) is 51.0. The number of aliphatic hydroxyl groups excluding tert-OH is 8. The van der Waals surface area contributed by atoms with Gasteiger partial charge in [-0.15, -0.1) is 0 Å². The summed E-state index contributed by atoms with van der Waals surface area (Å²) in [5, 5.41) is 89.8. The van der Waals surface area contributed by atoms with E-state index in [9.17, 15) is 40.9 Å². The Morgan fingerprint density at radius 1 is 0.425 bits per heavy atom. The standard InChI is InChI=1S/C51H82Br4O25/c1-2-3-29(58)28-7-25-19-65-45(28)69-26-8-30(59)46(66-20-26)70-24-6-23(4-5-56)44(64-18-24)73-38-13-39(68-22-57)51(80-43(38)17-55)76-37-12-34(63)50(79-42(37)16-54)75-36-11-33(62)49(78-41(36)15-53)74-35-10-32(61)48(77-40(35)14-52)72-27-9-31(60)47(71-25)67-21-27/h23-51,56-63H,2-22H2,1H3/t23-,24+,25+,26+,27+,28+,29?,30-,31-,32-,33-,34-,35+,36+,37+,38+,39-,40-,41-,42-,43-,44-,45-,46-,47-,48+,49+,50+,51+/m1/s1. The number of ether oxygens (including phenoxy) is 17. The summed E-state index contributed by atoms with van der Waals surface area (Å²) >= 11 is 14.1. The van der Waals surface area contributed by atoms with Gasteiger partial charge in [-0.25, -0.2) is 0 Å². The highest BCUT2D eigenvalue weighted by Crippen LogP contribution is 2.40. The summed E-state index contributed by atoms with van der Waals surface area (Å²) in [6.07, 6.45) is -20.6. The van der Waals surface area contributed by atoms with Crippen LogP contribution < -0.4 is 0 Å². The number of halogens is 4. The van der Waals surface area contributed by atoms with Crippen LogP contribution >= 0.6 is 63.7 Å². The maximum Gasteiger partial charge on any atom is 0.184 e. The second kappa shape index (κ2) is 31.4. The molecule has 80 heavy (non-hydrogen) atoms. The Hall–Kier alpha value is 0.920. The molecule has 16 bridgehead atoms. The SMILES string of the molecule is CCCC(O)[C@@H]1C[C@H]2CO[C@@H]1O[C@@H]1CO[C@H](O[C@@H]3CO[C@H](O[C@H]4C[C@@H](OCO)[C@@H](O[C@H]5C[C@@H](O)[C@@H](O[C@H]6C[C@@H](O)[C@@H](O[C@H]7C[C@@H](O)[C@@H](O[C@@H]8CO[C@H](O2)[C@H](O)C8)O[C@@H]7CBr)O[C@@H]6CBr)O[C@@H]5CBr)O[C@@H]4CBr)[C@H](CCO)C3)[C@H](O)C1. The van der Waals surface area contributed by atoms with Crippen LogP contribution in [0.4, 0.5) is 0 Å². The molecular weight excluding hydrogens is 1330 g/mol. The molecule has 30 aliphatic rings. The van der Waals surface area contributed by atoms with Crippen molar-refractivity contribution in [3.05, 3.63) is 0 Å². The number of hydrogen-bond donors (Lipinski definition) is 8. The monoisotopic (exact) mass is 1410 g/mol. The Morgan fingerprint density at radius 2 is 0.800 bits per heavy atom. The van der Waals surface area contributed by atoms with Gasteiger partial charge < -0.3 is 121 Å². The maximum absolute atomic E-state index is 11.6. The smallest absolute Gasteiger partial charge is 0.184 e. The fourth-order valence-electron chi connectivity index (χ4n) is 12.1. The molecule has 30 aliphatic heterocycles.